The minimum absolute atomic E-state index is 0.277. The maximum atomic E-state index is 9.48. The number of hydrogen-bond acceptors (Lipinski definition) is 3. The third kappa shape index (κ3) is 2.32. The Hall–Kier alpha value is -1.22. The highest BCUT2D eigenvalue weighted by Gasteiger charge is 2.35. The van der Waals surface area contributed by atoms with Crippen molar-refractivity contribution in [3.63, 3.8) is 0 Å². The van der Waals surface area contributed by atoms with Crippen LogP contribution in [0.4, 0.5) is 0 Å². The summed E-state index contributed by atoms with van der Waals surface area (Å²) in [6.07, 6.45) is 3.89. The molecular weight excluding hydrogens is 238 g/mol. The molecule has 0 saturated heterocycles. The van der Waals surface area contributed by atoms with Gasteiger partial charge in [0.25, 0.3) is 0 Å². The van der Waals surface area contributed by atoms with Gasteiger partial charge in [-0.05, 0) is 36.8 Å². The second kappa shape index (κ2) is 5.04. The SMILES string of the molecule is CCC1CCC(NC2COc3cc(O)ccc32)C1C. The van der Waals surface area contributed by atoms with Crippen molar-refractivity contribution >= 4 is 0 Å². The quantitative estimate of drug-likeness (QED) is 0.877. The van der Waals surface area contributed by atoms with Crippen LogP contribution in [-0.4, -0.2) is 17.8 Å². The fraction of sp³-hybridized carbons (Fsp3) is 0.625. The average Bonchev–Trinajstić information content (AvgIpc) is 2.95. The van der Waals surface area contributed by atoms with Gasteiger partial charge in [-0.1, -0.05) is 20.3 Å². The van der Waals surface area contributed by atoms with Crippen LogP contribution >= 0.6 is 0 Å². The molecule has 0 bridgehead atoms. The number of hydrogen-bond donors (Lipinski definition) is 2. The summed E-state index contributed by atoms with van der Waals surface area (Å²) in [5.41, 5.74) is 1.19. The van der Waals surface area contributed by atoms with Crippen LogP contribution < -0.4 is 10.1 Å². The molecule has 2 aliphatic rings. The monoisotopic (exact) mass is 261 g/mol. The summed E-state index contributed by atoms with van der Waals surface area (Å²) >= 11 is 0. The molecule has 104 valence electrons. The number of nitrogens with one attached hydrogen (secondary N) is 1. The zero-order valence-electron chi connectivity index (χ0n) is 11.7. The van der Waals surface area contributed by atoms with Gasteiger partial charge in [0.2, 0.25) is 0 Å². The minimum atomic E-state index is 0.277. The van der Waals surface area contributed by atoms with E-state index in [1.54, 1.807) is 12.1 Å². The predicted molar refractivity (Wildman–Crippen MR) is 75.4 cm³/mol. The Morgan fingerprint density at radius 2 is 2.21 bits per heavy atom. The predicted octanol–water partition coefficient (Wildman–Crippen LogP) is 3.24. The first-order chi connectivity index (χ1) is 9.19. The first-order valence-corrected chi connectivity index (χ1v) is 7.40. The number of fused-ring (bicyclic) bond motifs is 1. The van der Waals surface area contributed by atoms with Crippen LogP contribution in [0.1, 0.15) is 44.7 Å². The molecule has 19 heavy (non-hydrogen) atoms. The Morgan fingerprint density at radius 3 is 2.95 bits per heavy atom. The lowest BCUT2D eigenvalue weighted by Gasteiger charge is -2.24. The molecule has 1 heterocycles. The number of phenolic OH excluding ortho intramolecular Hbond substituents is 1. The summed E-state index contributed by atoms with van der Waals surface area (Å²) in [5.74, 6) is 2.71. The highest BCUT2D eigenvalue weighted by atomic mass is 16.5. The van der Waals surface area contributed by atoms with Crippen molar-refractivity contribution in [3.8, 4) is 11.5 Å². The third-order valence-electron chi connectivity index (χ3n) is 4.94. The molecular formula is C16H23NO2. The molecule has 1 saturated carbocycles. The van der Waals surface area contributed by atoms with E-state index in [1.165, 1.54) is 24.8 Å². The zero-order chi connectivity index (χ0) is 13.4. The Labute approximate surface area is 115 Å². The smallest absolute Gasteiger partial charge is 0.127 e. The zero-order valence-corrected chi connectivity index (χ0v) is 11.7. The van der Waals surface area contributed by atoms with Crippen molar-refractivity contribution < 1.29 is 9.84 Å². The first kappa shape index (κ1) is 12.8. The van der Waals surface area contributed by atoms with Crippen molar-refractivity contribution in [3.05, 3.63) is 23.8 Å². The van der Waals surface area contributed by atoms with E-state index in [-0.39, 0.29) is 11.8 Å². The number of rotatable bonds is 3. The van der Waals surface area contributed by atoms with Crippen LogP contribution in [0, 0.1) is 11.8 Å². The number of ether oxygens (including phenoxy) is 1. The fourth-order valence-electron chi connectivity index (χ4n) is 3.65. The van der Waals surface area contributed by atoms with E-state index in [0.717, 1.165) is 17.6 Å². The topological polar surface area (TPSA) is 41.5 Å². The van der Waals surface area contributed by atoms with Gasteiger partial charge in [-0.15, -0.1) is 0 Å². The minimum Gasteiger partial charge on any atom is -0.508 e. The van der Waals surface area contributed by atoms with Gasteiger partial charge in [0.05, 0.1) is 6.04 Å². The molecule has 1 aromatic carbocycles. The van der Waals surface area contributed by atoms with E-state index < -0.39 is 0 Å². The largest absolute Gasteiger partial charge is 0.508 e. The highest BCUT2D eigenvalue weighted by molar-refractivity contribution is 5.44. The summed E-state index contributed by atoms with van der Waals surface area (Å²) in [6, 6.07) is 6.31. The van der Waals surface area contributed by atoms with Crippen LogP contribution in [0.15, 0.2) is 18.2 Å². The Morgan fingerprint density at radius 1 is 1.37 bits per heavy atom. The van der Waals surface area contributed by atoms with Crippen molar-refractivity contribution in [2.45, 2.75) is 45.2 Å². The Bertz CT molecular complexity index is 460. The van der Waals surface area contributed by atoms with Gasteiger partial charge in [-0.2, -0.15) is 0 Å². The van der Waals surface area contributed by atoms with Crippen molar-refractivity contribution in [1.82, 2.24) is 5.32 Å². The lowest BCUT2D eigenvalue weighted by Crippen LogP contribution is -2.36. The Balaban J connectivity index is 1.70. The molecule has 0 aromatic heterocycles. The van der Waals surface area contributed by atoms with Crippen LogP contribution in [0.2, 0.25) is 0 Å². The van der Waals surface area contributed by atoms with E-state index in [4.69, 9.17) is 4.74 Å². The van der Waals surface area contributed by atoms with E-state index in [2.05, 4.69) is 19.2 Å². The second-order valence-electron chi connectivity index (χ2n) is 5.96. The van der Waals surface area contributed by atoms with Gasteiger partial charge in [-0.3, -0.25) is 0 Å². The molecule has 0 amide bonds. The van der Waals surface area contributed by atoms with Crippen LogP contribution in [-0.2, 0) is 0 Å². The number of phenols is 1. The Kier molecular flexibility index (Phi) is 3.40. The van der Waals surface area contributed by atoms with Gasteiger partial charge in [-0.25, -0.2) is 0 Å². The first-order valence-electron chi connectivity index (χ1n) is 7.40. The molecule has 1 aliphatic carbocycles. The molecule has 4 atom stereocenters. The fourth-order valence-corrected chi connectivity index (χ4v) is 3.65. The van der Waals surface area contributed by atoms with Crippen LogP contribution in [0.5, 0.6) is 11.5 Å². The van der Waals surface area contributed by atoms with Gasteiger partial charge >= 0.3 is 0 Å². The summed E-state index contributed by atoms with van der Waals surface area (Å²) in [4.78, 5) is 0. The maximum Gasteiger partial charge on any atom is 0.127 e. The maximum absolute atomic E-state index is 9.48. The molecule has 3 heteroatoms. The van der Waals surface area contributed by atoms with Gasteiger partial charge in [0, 0.05) is 17.7 Å². The van der Waals surface area contributed by atoms with Crippen molar-refractivity contribution in [2.75, 3.05) is 6.61 Å². The molecule has 1 aliphatic heterocycles. The number of benzene rings is 1. The summed E-state index contributed by atoms with van der Waals surface area (Å²) in [6.45, 7) is 5.34. The van der Waals surface area contributed by atoms with Crippen LogP contribution in [0.25, 0.3) is 0 Å². The summed E-state index contributed by atoms with van der Waals surface area (Å²) in [7, 11) is 0. The van der Waals surface area contributed by atoms with E-state index in [9.17, 15) is 5.11 Å². The second-order valence-corrected chi connectivity index (χ2v) is 5.96. The van der Waals surface area contributed by atoms with Crippen LogP contribution in [0.3, 0.4) is 0 Å². The lowest BCUT2D eigenvalue weighted by atomic mass is 9.93. The van der Waals surface area contributed by atoms with Gasteiger partial charge in [0.15, 0.2) is 0 Å². The third-order valence-corrected chi connectivity index (χ3v) is 4.94. The van der Waals surface area contributed by atoms with Gasteiger partial charge in [0.1, 0.15) is 18.1 Å². The lowest BCUT2D eigenvalue weighted by molar-refractivity contribution is 0.271. The van der Waals surface area contributed by atoms with Crippen molar-refractivity contribution in [2.24, 2.45) is 11.8 Å². The molecule has 1 fully saturated rings. The molecule has 4 unspecified atom stereocenters. The van der Waals surface area contributed by atoms with E-state index >= 15 is 0 Å². The highest BCUT2D eigenvalue weighted by Crippen LogP contribution is 2.39. The number of aromatic hydroxyl groups is 1. The molecule has 2 N–H and O–H groups in total. The molecule has 3 rings (SSSR count). The molecule has 0 spiro atoms. The van der Waals surface area contributed by atoms with Crippen molar-refractivity contribution in [1.29, 1.82) is 0 Å². The van der Waals surface area contributed by atoms with E-state index in [1.807, 2.05) is 6.07 Å². The molecule has 0 radical (unpaired) electrons. The molecule has 1 aromatic rings. The normalized spacial score (nSPS) is 33.2. The summed E-state index contributed by atoms with van der Waals surface area (Å²) < 4.78 is 5.67. The molecule has 3 nitrogen and oxygen atoms in total. The van der Waals surface area contributed by atoms with Gasteiger partial charge < -0.3 is 15.2 Å². The van der Waals surface area contributed by atoms with E-state index in [0.29, 0.717) is 12.6 Å². The summed E-state index contributed by atoms with van der Waals surface area (Å²) in [5, 5.41) is 13.2. The average molecular weight is 261 g/mol. The standard InChI is InChI=1S/C16H23NO2/c1-3-11-4-7-14(10(11)2)17-15-9-19-16-8-12(18)5-6-13(15)16/h5-6,8,10-11,14-15,17-18H,3-4,7,9H2,1-2H3.